The molecule has 172 valence electrons. The van der Waals surface area contributed by atoms with E-state index in [1.165, 1.54) is 11.3 Å². The minimum absolute atomic E-state index is 0.137. The van der Waals surface area contributed by atoms with Crippen LogP contribution in [0.5, 0.6) is 5.75 Å². The number of ketones is 1. The molecule has 0 spiro atoms. The highest BCUT2D eigenvalue weighted by atomic mass is 32.1. The summed E-state index contributed by atoms with van der Waals surface area (Å²) in [6.07, 6.45) is 0.739. The Morgan fingerprint density at radius 2 is 2.00 bits per heavy atom. The number of benzene rings is 1. The Kier molecular flexibility index (Phi) is 7.74. The average molecular weight is 457 g/mol. The fraction of sp³-hybridized carbons (Fsp3) is 0.440. The number of nitrogens with zero attached hydrogens (tertiary/aromatic N) is 2. The lowest BCUT2D eigenvalue weighted by molar-refractivity contribution is -0.139. The van der Waals surface area contributed by atoms with Gasteiger partial charge in [-0.15, -0.1) is 11.3 Å². The van der Waals surface area contributed by atoms with Crippen LogP contribution in [0, 0.1) is 0 Å². The van der Waals surface area contributed by atoms with Crippen molar-refractivity contribution < 1.29 is 19.4 Å². The van der Waals surface area contributed by atoms with Crippen molar-refractivity contribution in [2.45, 2.75) is 39.2 Å². The van der Waals surface area contributed by atoms with Gasteiger partial charge in [-0.2, -0.15) is 0 Å². The van der Waals surface area contributed by atoms with Crippen LogP contribution in [0.15, 0.2) is 41.3 Å². The molecule has 1 aliphatic rings. The zero-order valence-corrected chi connectivity index (χ0v) is 20.2. The molecule has 0 bridgehead atoms. The van der Waals surface area contributed by atoms with Gasteiger partial charge in [-0.3, -0.25) is 9.59 Å². The topological polar surface area (TPSA) is 70.1 Å². The quantitative estimate of drug-likeness (QED) is 0.338. The van der Waals surface area contributed by atoms with Gasteiger partial charge in [-0.05, 0) is 75.1 Å². The molecule has 2 aromatic rings. The highest BCUT2D eigenvalue weighted by Crippen LogP contribution is 2.41. The van der Waals surface area contributed by atoms with Crippen LogP contribution in [-0.2, 0) is 9.59 Å². The number of amides is 1. The van der Waals surface area contributed by atoms with Crippen molar-refractivity contribution in [3.63, 3.8) is 0 Å². The summed E-state index contributed by atoms with van der Waals surface area (Å²) in [7, 11) is 3.95. The molecule has 1 saturated heterocycles. The number of thiophene rings is 1. The van der Waals surface area contributed by atoms with E-state index < -0.39 is 17.7 Å². The molecule has 6 nitrogen and oxygen atoms in total. The Morgan fingerprint density at radius 3 is 2.59 bits per heavy atom. The van der Waals surface area contributed by atoms with Crippen LogP contribution in [0.25, 0.3) is 5.76 Å². The molecular formula is C25H32N2O4S. The number of hydrogen-bond acceptors (Lipinski definition) is 6. The first-order valence-corrected chi connectivity index (χ1v) is 11.9. The van der Waals surface area contributed by atoms with Crippen LogP contribution >= 0.6 is 11.3 Å². The molecule has 0 aliphatic carbocycles. The average Bonchev–Trinajstić information content (AvgIpc) is 3.36. The van der Waals surface area contributed by atoms with Gasteiger partial charge < -0.3 is 19.6 Å². The molecule has 1 aromatic carbocycles. The summed E-state index contributed by atoms with van der Waals surface area (Å²) in [5.74, 6) is -0.393. The summed E-state index contributed by atoms with van der Waals surface area (Å²) in [6, 6.07) is 8.65. The van der Waals surface area contributed by atoms with Crippen LogP contribution in [-0.4, -0.2) is 60.4 Å². The Morgan fingerprint density at radius 1 is 1.25 bits per heavy atom. The third-order valence-electron chi connectivity index (χ3n) is 5.56. The SMILES string of the molecule is CCOc1ccc(/C(O)=C2/C(=O)C(=O)N(CCCN(C)C)C2c2cccs2)cc1C(C)C. The van der Waals surface area contributed by atoms with Gasteiger partial charge in [-0.25, -0.2) is 0 Å². The van der Waals surface area contributed by atoms with Gasteiger partial charge in [0.2, 0.25) is 0 Å². The van der Waals surface area contributed by atoms with E-state index in [1.807, 2.05) is 55.6 Å². The third kappa shape index (κ3) is 4.89. The number of aliphatic hydroxyl groups excluding tert-OH is 1. The molecule has 0 radical (unpaired) electrons. The summed E-state index contributed by atoms with van der Waals surface area (Å²) < 4.78 is 5.73. The fourth-order valence-corrected chi connectivity index (χ4v) is 4.85. The number of ether oxygens (including phenoxy) is 1. The van der Waals surface area contributed by atoms with Gasteiger partial charge in [0.05, 0.1) is 18.2 Å². The van der Waals surface area contributed by atoms with E-state index in [0.29, 0.717) is 18.7 Å². The minimum Gasteiger partial charge on any atom is -0.507 e. The lowest BCUT2D eigenvalue weighted by Gasteiger charge is -2.24. The Balaban J connectivity index is 2.07. The fourth-order valence-electron chi connectivity index (χ4n) is 4.00. The second-order valence-corrected chi connectivity index (χ2v) is 9.48. The molecule has 32 heavy (non-hydrogen) atoms. The van der Waals surface area contributed by atoms with Crippen LogP contribution in [0.4, 0.5) is 0 Å². The summed E-state index contributed by atoms with van der Waals surface area (Å²) >= 11 is 1.48. The van der Waals surface area contributed by atoms with Crippen LogP contribution in [0.2, 0.25) is 0 Å². The van der Waals surface area contributed by atoms with Crippen molar-refractivity contribution in [2.24, 2.45) is 0 Å². The molecule has 0 saturated carbocycles. The first-order chi connectivity index (χ1) is 15.3. The van der Waals surface area contributed by atoms with Crippen molar-refractivity contribution in [2.75, 3.05) is 33.8 Å². The van der Waals surface area contributed by atoms with Gasteiger partial charge in [0, 0.05) is 17.0 Å². The van der Waals surface area contributed by atoms with E-state index in [2.05, 4.69) is 13.8 Å². The van der Waals surface area contributed by atoms with Gasteiger partial charge in [0.25, 0.3) is 11.7 Å². The second-order valence-electron chi connectivity index (χ2n) is 8.51. The van der Waals surface area contributed by atoms with Crippen LogP contribution < -0.4 is 4.74 Å². The van der Waals surface area contributed by atoms with Crippen molar-refractivity contribution in [3.05, 3.63) is 57.3 Å². The molecule has 1 atom stereocenters. The first kappa shape index (κ1) is 24.0. The number of rotatable bonds is 9. The highest BCUT2D eigenvalue weighted by molar-refractivity contribution is 7.10. The normalized spacial score (nSPS) is 18.2. The third-order valence-corrected chi connectivity index (χ3v) is 6.49. The maximum Gasteiger partial charge on any atom is 0.295 e. The molecule has 1 N–H and O–H groups in total. The lowest BCUT2D eigenvalue weighted by atomic mass is 9.95. The molecule has 1 unspecified atom stereocenters. The number of Topliss-reactive ketones (excluding diaryl/α,β-unsaturated/α-hetero) is 1. The highest BCUT2D eigenvalue weighted by Gasteiger charge is 2.46. The maximum atomic E-state index is 13.1. The monoisotopic (exact) mass is 456 g/mol. The number of aliphatic hydroxyl groups is 1. The summed E-state index contributed by atoms with van der Waals surface area (Å²) in [4.78, 5) is 30.5. The van der Waals surface area contributed by atoms with E-state index in [9.17, 15) is 14.7 Å². The maximum absolute atomic E-state index is 13.1. The predicted molar refractivity (Wildman–Crippen MR) is 128 cm³/mol. The van der Waals surface area contributed by atoms with Crippen molar-refractivity contribution in [1.29, 1.82) is 0 Å². The van der Waals surface area contributed by atoms with Crippen LogP contribution in [0.3, 0.4) is 0 Å². The van der Waals surface area contributed by atoms with E-state index in [-0.39, 0.29) is 17.3 Å². The Hall–Kier alpha value is -2.64. The smallest absolute Gasteiger partial charge is 0.295 e. The molecule has 3 rings (SSSR count). The lowest BCUT2D eigenvalue weighted by Crippen LogP contribution is -2.32. The molecule has 1 amide bonds. The van der Waals surface area contributed by atoms with Gasteiger partial charge >= 0.3 is 0 Å². The van der Waals surface area contributed by atoms with E-state index in [4.69, 9.17) is 4.74 Å². The summed E-state index contributed by atoms with van der Waals surface area (Å²) in [5, 5.41) is 13.2. The second kappa shape index (κ2) is 10.3. The predicted octanol–water partition coefficient (Wildman–Crippen LogP) is 4.64. The van der Waals surface area contributed by atoms with Crippen molar-refractivity contribution in [1.82, 2.24) is 9.80 Å². The molecule has 7 heteroatoms. The Labute approximate surface area is 194 Å². The molecule has 1 aromatic heterocycles. The molecule has 1 fully saturated rings. The van der Waals surface area contributed by atoms with Gasteiger partial charge in [0.1, 0.15) is 11.5 Å². The molecular weight excluding hydrogens is 424 g/mol. The van der Waals surface area contributed by atoms with Crippen LogP contribution in [0.1, 0.15) is 55.2 Å². The minimum atomic E-state index is -0.634. The largest absolute Gasteiger partial charge is 0.507 e. The molecule has 2 heterocycles. The van der Waals surface area contributed by atoms with Crippen molar-refractivity contribution in [3.8, 4) is 5.75 Å². The Bertz CT molecular complexity index is 995. The molecule has 1 aliphatic heterocycles. The van der Waals surface area contributed by atoms with Crippen molar-refractivity contribution >= 4 is 28.8 Å². The summed E-state index contributed by atoms with van der Waals surface area (Å²) in [5.41, 5.74) is 1.62. The van der Waals surface area contributed by atoms with Gasteiger partial charge in [-0.1, -0.05) is 19.9 Å². The zero-order chi connectivity index (χ0) is 23.4. The number of likely N-dealkylation sites (tertiary alicyclic amines) is 1. The van der Waals surface area contributed by atoms with E-state index in [1.54, 1.807) is 11.0 Å². The first-order valence-electron chi connectivity index (χ1n) is 11.0. The number of carbonyl (C=O) groups excluding carboxylic acids is 2. The van der Waals surface area contributed by atoms with Gasteiger partial charge in [0.15, 0.2) is 0 Å². The van der Waals surface area contributed by atoms with E-state index in [0.717, 1.165) is 29.2 Å². The van der Waals surface area contributed by atoms with E-state index >= 15 is 0 Å². The standard InChI is InChI=1S/C25H32N2O4S/c1-6-31-19-11-10-17(15-18(19)16(2)3)23(28)21-22(20-9-7-14-32-20)27(25(30)24(21)29)13-8-12-26(4)5/h7,9-11,14-16,22,28H,6,8,12-13H2,1-5H3/b23-21-. The zero-order valence-electron chi connectivity index (χ0n) is 19.4. The number of carbonyl (C=O) groups is 2. The number of hydrogen-bond donors (Lipinski definition) is 1. The summed E-state index contributed by atoms with van der Waals surface area (Å²) in [6.45, 7) is 7.83.